The summed E-state index contributed by atoms with van der Waals surface area (Å²) in [6, 6.07) is 8.27. The molecule has 1 N–H and O–H groups in total. The van der Waals surface area contributed by atoms with Crippen LogP contribution in [0.1, 0.15) is 49.4 Å². The molecule has 3 heterocycles. The van der Waals surface area contributed by atoms with Gasteiger partial charge in [-0.25, -0.2) is 0 Å². The van der Waals surface area contributed by atoms with Gasteiger partial charge in [-0.05, 0) is 30.9 Å². The lowest BCUT2D eigenvalue weighted by molar-refractivity contribution is -0.131. The molecule has 6 heteroatoms. The van der Waals surface area contributed by atoms with Gasteiger partial charge in [0.2, 0.25) is 17.7 Å². The minimum Gasteiger partial charge on any atom is -0.425 e. The highest BCUT2D eigenvalue weighted by Crippen LogP contribution is 2.19. The van der Waals surface area contributed by atoms with Crippen LogP contribution in [0.15, 0.2) is 34.9 Å². The Bertz CT molecular complexity index is 890. The van der Waals surface area contributed by atoms with Crippen LogP contribution in [-0.4, -0.2) is 39.1 Å². The fourth-order valence-corrected chi connectivity index (χ4v) is 3.76. The Morgan fingerprint density at radius 2 is 1.74 bits per heavy atom. The van der Waals surface area contributed by atoms with E-state index < -0.39 is 0 Å². The third kappa shape index (κ3) is 4.38. The van der Waals surface area contributed by atoms with Gasteiger partial charge < -0.3 is 14.3 Å². The average Bonchev–Trinajstić information content (AvgIpc) is 3.22. The van der Waals surface area contributed by atoms with Crippen LogP contribution in [0.3, 0.4) is 0 Å². The maximum absolute atomic E-state index is 12.4. The zero-order valence-corrected chi connectivity index (χ0v) is 15.6. The number of aromatic amines is 1. The van der Waals surface area contributed by atoms with Crippen LogP contribution in [0.25, 0.3) is 10.9 Å². The fraction of sp³-hybridized carbons (Fsp3) is 0.476. The summed E-state index contributed by atoms with van der Waals surface area (Å²) in [6.45, 7) is 1.77. The van der Waals surface area contributed by atoms with Crippen molar-refractivity contribution < 1.29 is 9.21 Å². The smallest absolute Gasteiger partial charge is 0.223 e. The maximum Gasteiger partial charge on any atom is 0.223 e. The van der Waals surface area contributed by atoms with Crippen LogP contribution in [0, 0.1) is 0 Å². The molecule has 1 aliphatic rings. The molecule has 0 atom stereocenters. The number of rotatable bonds is 6. The summed E-state index contributed by atoms with van der Waals surface area (Å²) in [5.41, 5.74) is 2.40. The molecular weight excluding hydrogens is 340 g/mol. The Morgan fingerprint density at radius 3 is 2.56 bits per heavy atom. The summed E-state index contributed by atoms with van der Waals surface area (Å²) in [5, 5.41) is 9.50. The van der Waals surface area contributed by atoms with E-state index in [0.717, 1.165) is 37.9 Å². The average molecular weight is 366 g/mol. The Hall–Kier alpha value is -2.63. The lowest BCUT2D eigenvalue weighted by Crippen LogP contribution is -2.31. The summed E-state index contributed by atoms with van der Waals surface area (Å²) in [7, 11) is 0. The predicted octanol–water partition coefficient (Wildman–Crippen LogP) is 3.67. The molecule has 3 aromatic rings. The van der Waals surface area contributed by atoms with E-state index in [0.29, 0.717) is 31.0 Å². The van der Waals surface area contributed by atoms with Gasteiger partial charge in [-0.3, -0.25) is 4.79 Å². The van der Waals surface area contributed by atoms with Crippen LogP contribution in [0.4, 0.5) is 0 Å². The molecule has 2 aromatic heterocycles. The lowest BCUT2D eigenvalue weighted by atomic mass is 10.1. The maximum atomic E-state index is 12.4. The molecule has 142 valence electrons. The Balaban J connectivity index is 1.29. The third-order valence-electron chi connectivity index (χ3n) is 5.30. The van der Waals surface area contributed by atoms with Gasteiger partial charge in [-0.1, -0.05) is 31.0 Å². The van der Waals surface area contributed by atoms with E-state index in [1.807, 2.05) is 23.2 Å². The number of fused-ring (bicyclic) bond motifs is 1. The SMILES string of the molecule is O=C(CCc1nnc(CCc2c[nH]c3ccccc23)o1)N1CCCCCC1. The molecule has 1 aromatic carbocycles. The number of aromatic nitrogens is 3. The zero-order valence-electron chi connectivity index (χ0n) is 15.6. The molecule has 1 saturated heterocycles. The number of carbonyl (C=O) groups is 1. The van der Waals surface area contributed by atoms with E-state index in [9.17, 15) is 4.79 Å². The number of nitrogens with one attached hydrogen (secondary N) is 1. The van der Waals surface area contributed by atoms with Gasteiger partial charge >= 0.3 is 0 Å². The minimum absolute atomic E-state index is 0.204. The summed E-state index contributed by atoms with van der Waals surface area (Å²) in [6.07, 6.45) is 9.25. The number of H-pyrrole nitrogens is 1. The Labute approximate surface area is 159 Å². The van der Waals surface area contributed by atoms with Crippen molar-refractivity contribution in [1.82, 2.24) is 20.1 Å². The third-order valence-corrected chi connectivity index (χ3v) is 5.30. The second-order valence-electron chi connectivity index (χ2n) is 7.24. The molecule has 27 heavy (non-hydrogen) atoms. The van der Waals surface area contributed by atoms with Gasteiger partial charge in [-0.15, -0.1) is 10.2 Å². The second-order valence-corrected chi connectivity index (χ2v) is 7.24. The molecule has 0 aliphatic carbocycles. The topological polar surface area (TPSA) is 75.0 Å². The highest BCUT2D eigenvalue weighted by molar-refractivity contribution is 5.83. The monoisotopic (exact) mass is 366 g/mol. The van der Waals surface area contributed by atoms with E-state index in [1.165, 1.54) is 23.8 Å². The number of hydrogen-bond acceptors (Lipinski definition) is 4. The van der Waals surface area contributed by atoms with Crippen molar-refractivity contribution in [3.05, 3.63) is 47.8 Å². The standard InChI is InChI=1S/C21H26N4O2/c26-21(25-13-5-1-2-6-14-25)12-11-20-24-23-19(27-20)10-9-16-15-22-18-8-4-3-7-17(16)18/h3-4,7-8,15,22H,1-2,5-6,9-14H2. The number of amides is 1. The molecule has 0 radical (unpaired) electrons. The van der Waals surface area contributed by atoms with Gasteiger partial charge in [0.15, 0.2) is 0 Å². The first-order chi connectivity index (χ1) is 13.3. The van der Waals surface area contributed by atoms with E-state index >= 15 is 0 Å². The normalized spacial score (nSPS) is 15.2. The molecule has 0 spiro atoms. The van der Waals surface area contributed by atoms with E-state index in [1.54, 1.807) is 0 Å². The molecule has 0 unspecified atom stereocenters. The van der Waals surface area contributed by atoms with Crippen molar-refractivity contribution in [3.8, 4) is 0 Å². The Morgan fingerprint density at radius 1 is 1.00 bits per heavy atom. The number of carbonyl (C=O) groups excluding carboxylic acids is 1. The van der Waals surface area contributed by atoms with Gasteiger partial charge in [0.25, 0.3) is 0 Å². The first-order valence-corrected chi connectivity index (χ1v) is 9.93. The number of aryl methyl sites for hydroxylation is 3. The number of hydrogen-bond donors (Lipinski definition) is 1. The highest BCUT2D eigenvalue weighted by atomic mass is 16.4. The van der Waals surface area contributed by atoms with Crippen molar-refractivity contribution in [2.45, 2.75) is 51.4 Å². The van der Waals surface area contributed by atoms with E-state index in [2.05, 4.69) is 27.3 Å². The number of benzene rings is 1. The summed E-state index contributed by atoms with van der Waals surface area (Å²) in [4.78, 5) is 17.6. The first-order valence-electron chi connectivity index (χ1n) is 9.93. The number of likely N-dealkylation sites (tertiary alicyclic amines) is 1. The van der Waals surface area contributed by atoms with Crippen LogP contribution in [0.2, 0.25) is 0 Å². The minimum atomic E-state index is 0.204. The van der Waals surface area contributed by atoms with Crippen LogP contribution < -0.4 is 0 Å². The summed E-state index contributed by atoms with van der Waals surface area (Å²) < 4.78 is 5.75. The Kier molecular flexibility index (Phi) is 5.51. The number of para-hydroxylation sites is 1. The summed E-state index contributed by atoms with van der Waals surface area (Å²) in [5.74, 6) is 1.40. The van der Waals surface area contributed by atoms with Crippen LogP contribution in [0.5, 0.6) is 0 Å². The van der Waals surface area contributed by atoms with E-state index in [-0.39, 0.29) is 5.91 Å². The summed E-state index contributed by atoms with van der Waals surface area (Å²) >= 11 is 0. The van der Waals surface area contributed by atoms with Crippen molar-refractivity contribution in [2.24, 2.45) is 0 Å². The van der Waals surface area contributed by atoms with Crippen molar-refractivity contribution in [2.75, 3.05) is 13.1 Å². The zero-order chi connectivity index (χ0) is 18.5. The van der Waals surface area contributed by atoms with Crippen LogP contribution >= 0.6 is 0 Å². The van der Waals surface area contributed by atoms with Crippen molar-refractivity contribution >= 4 is 16.8 Å². The van der Waals surface area contributed by atoms with Gasteiger partial charge in [0.05, 0.1) is 0 Å². The predicted molar refractivity (Wildman–Crippen MR) is 103 cm³/mol. The molecule has 1 aliphatic heterocycles. The van der Waals surface area contributed by atoms with Crippen molar-refractivity contribution in [1.29, 1.82) is 0 Å². The van der Waals surface area contributed by atoms with Gasteiger partial charge in [0.1, 0.15) is 0 Å². The second kappa shape index (κ2) is 8.37. The molecule has 1 amide bonds. The lowest BCUT2D eigenvalue weighted by Gasteiger charge is -2.19. The quantitative estimate of drug-likeness (QED) is 0.722. The first kappa shape index (κ1) is 17.8. The van der Waals surface area contributed by atoms with Gasteiger partial charge in [-0.2, -0.15) is 0 Å². The largest absolute Gasteiger partial charge is 0.425 e. The van der Waals surface area contributed by atoms with Gasteiger partial charge in [0, 0.05) is 49.5 Å². The highest BCUT2D eigenvalue weighted by Gasteiger charge is 2.17. The number of nitrogens with zero attached hydrogens (tertiary/aromatic N) is 3. The molecule has 1 fully saturated rings. The molecular formula is C21H26N4O2. The van der Waals surface area contributed by atoms with Crippen LogP contribution in [-0.2, 0) is 24.1 Å². The molecule has 4 rings (SSSR count). The molecule has 0 saturated carbocycles. The van der Waals surface area contributed by atoms with Crippen molar-refractivity contribution in [3.63, 3.8) is 0 Å². The molecule has 0 bridgehead atoms. The van der Waals surface area contributed by atoms with E-state index in [4.69, 9.17) is 4.42 Å². The fourth-order valence-electron chi connectivity index (χ4n) is 3.76. The molecule has 6 nitrogen and oxygen atoms in total.